The van der Waals surface area contributed by atoms with Crippen molar-refractivity contribution in [2.45, 2.75) is 31.1 Å². The van der Waals surface area contributed by atoms with Gasteiger partial charge >= 0.3 is 6.55 Å². The second-order valence-electron chi connectivity index (χ2n) is 10.9. The maximum absolute atomic E-state index is 14.1. The SMILES string of the molecule is O=C(c1cc(-c2nc3ccc(NC(=O)C4(F)CC4)cc3o2)ccn1)N1CCN(C(c2ccccc2)c2nnn(C(F)F)n2)CC1. The molecule has 230 valence electrons. The maximum atomic E-state index is 14.1. The van der Waals surface area contributed by atoms with E-state index in [9.17, 15) is 22.8 Å². The van der Waals surface area contributed by atoms with E-state index in [0.717, 1.165) is 5.56 Å². The summed E-state index contributed by atoms with van der Waals surface area (Å²) in [4.78, 5) is 38.3. The first-order valence-electron chi connectivity index (χ1n) is 14.3. The van der Waals surface area contributed by atoms with Gasteiger partial charge in [-0.25, -0.2) is 9.37 Å². The molecule has 7 rings (SSSR count). The van der Waals surface area contributed by atoms with Crippen molar-refractivity contribution in [3.8, 4) is 11.5 Å². The van der Waals surface area contributed by atoms with Crippen molar-refractivity contribution < 1.29 is 27.2 Å². The second-order valence-corrected chi connectivity index (χ2v) is 10.9. The van der Waals surface area contributed by atoms with Crippen LogP contribution in [0.5, 0.6) is 0 Å². The number of piperazine rings is 1. The van der Waals surface area contributed by atoms with Crippen LogP contribution in [0.2, 0.25) is 0 Å². The number of tetrazole rings is 1. The lowest BCUT2D eigenvalue weighted by atomic mass is 10.0. The molecule has 0 bridgehead atoms. The predicted octanol–water partition coefficient (Wildman–Crippen LogP) is 4.26. The number of rotatable bonds is 8. The number of pyridine rings is 1. The number of alkyl halides is 3. The summed E-state index contributed by atoms with van der Waals surface area (Å²) in [6.45, 7) is -1.33. The van der Waals surface area contributed by atoms with E-state index in [1.807, 2.05) is 35.2 Å². The minimum atomic E-state index is -2.91. The van der Waals surface area contributed by atoms with Gasteiger partial charge in [-0.15, -0.1) is 10.2 Å². The summed E-state index contributed by atoms with van der Waals surface area (Å²) in [6.07, 6.45) is 1.93. The summed E-state index contributed by atoms with van der Waals surface area (Å²) in [7, 11) is 0. The zero-order valence-electron chi connectivity index (χ0n) is 23.7. The van der Waals surface area contributed by atoms with Crippen molar-refractivity contribution in [2.24, 2.45) is 0 Å². The van der Waals surface area contributed by atoms with Crippen LogP contribution in [0, 0.1) is 0 Å². The van der Waals surface area contributed by atoms with Gasteiger partial charge in [-0.1, -0.05) is 35.1 Å². The molecule has 3 aromatic heterocycles. The van der Waals surface area contributed by atoms with Crippen LogP contribution >= 0.6 is 0 Å². The van der Waals surface area contributed by atoms with Gasteiger partial charge in [0.2, 0.25) is 5.89 Å². The van der Waals surface area contributed by atoms with E-state index in [1.165, 1.54) is 6.20 Å². The van der Waals surface area contributed by atoms with Crippen molar-refractivity contribution in [3.05, 3.63) is 83.9 Å². The monoisotopic (exact) mass is 617 g/mol. The molecule has 4 heterocycles. The Hall–Kier alpha value is -5.18. The lowest BCUT2D eigenvalue weighted by molar-refractivity contribution is -0.122. The molecule has 15 heteroatoms. The van der Waals surface area contributed by atoms with Gasteiger partial charge in [-0.3, -0.25) is 19.5 Å². The van der Waals surface area contributed by atoms with Crippen molar-refractivity contribution in [1.29, 1.82) is 0 Å². The van der Waals surface area contributed by atoms with Crippen LogP contribution in [-0.2, 0) is 4.79 Å². The van der Waals surface area contributed by atoms with Gasteiger partial charge in [-0.2, -0.15) is 8.78 Å². The standard InChI is InChI=1S/C30H26F3N9O3/c31-29(32)42-38-25(37-39-42)24(18-4-2-1-3-5-18)40-12-14-41(15-13-40)27(43)22-16-19(8-11-34-22)26-36-21-7-6-20(17-23(21)45-26)35-28(44)30(33)9-10-30/h1-8,11,16-17,24,29H,9-10,12-15H2,(H,35,44). The quantitative estimate of drug-likeness (QED) is 0.271. The Morgan fingerprint density at radius 3 is 2.47 bits per heavy atom. The third-order valence-corrected chi connectivity index (χ3v) is 7.91. The van der Waals surface area contributed by atoms with Crippen LogP contribution in [0.15, 0.2) is 71.3 Å². The van der Waals surface area contributed by atoms with Gasteiger partial charge in [0, 0.05) is 49.7 Å². The Labute approximate surface area is 253 Å². The average Bonchev–Trinajstić information content (AvgIpc) is 3.43. The molecule has 2 aromatic carbocycles. The molecule has 1 saturated carbocycles. The number of carbonyl (C=O) groups is 2. The Kier molecular flexibility index (Phi) is 7.23. The molecule has 45 heavy (non-hydrogen) atoms. The number of fused-ring (bicyclic) bond motifs is 1. The Bertz CT molecular complexity index is 1870. The number of benzene rings is 2. The second kappa shape index (κ2) is 11.4. The summed E-state index contributed by atoms with van der Waals surface area (Å²) in [5, 5.41) is 13.9. The lowest BCUT2D eigenvalue weighted by Crippen LogP contribution is -2.50. The van der Waals surface area contributed by atoms with Crippen LogP contribution in [0.3, 0.4) is 0 Å². The molecule has 2 fully saturated rings. The van der Waals surface area contributed by atoms with Crippen LogP contribution in [0.4, 0.5) is 18.9 Å². The number of carbonyl (C=O) groups excluding carboxylic acids is 2. The predicted molar refractivity (Wildman–Crippen MR) is 154 cm³/mol. The highest BCUT2D eigenvalue weighted by Crippen LogP contribution is 2.41. The minimum Gasteiger partial charge on any atom is -0.436 e. The topological polar surface area (TPSA) is 135 Å². The molecule has 1 N–H and O–H groups in total. The third kappa shape index (κ3) is 5.73. The first-order valence-corrected chi connectivity index (χ1v) is 14.3. The fraction of sp³-hybridized carbons (Fsp3) is 0.300. The van der Waals surface area contributed by atoms with Crippen molar-refractivity contribution in [3.63, 3.8) is 0 Å². The Morgan fingerprint density at radius 1 is 0.978 bits per heavy atom. The largest absolute Gasteiger partial charge is 0.436 e. The van der Waals surface area contributed by atoms with Gasteiger partial charge in [0.25, 0.3) is 11.8 Å². The van der Waals surface area contributed by atoms with E-state index < -0.39 is 24.2 Å². The number of aromatic nitrogens is 6. The van der Waals surface area contributed by atoms with E-state index in [0.29, 0.717) is 48.5 Å². The first-order chi connectivity index (χ1) is 21.8. The number of anilines is 1. The fourth-order valence-electron chi connectivity index (χ4n) is 5.32. The highest BCUT2D eigenvalue weighted by atomic mass is 19.3. The summed E-state index contributed by atoms with van der Waals surface area (Å²) in [5.74, 6) is -0.547. The molecule has 1 atom stereocenters. The van der Waals surface area contributed by atoms with E-state index in [1.54, 1.807) is 35.2 Å². The highest BCUT2D eigenvalue weighted by molar-refractivity contribution is 6.00. The molecule has 1 saturated heterocycles. The fourth-order valence-corrected chi connectivity index (χ4v) is 5.32. The number of nitrogens with zero attached hydrogens (tertiary/aromatic N) is 8. The third-order valence-electron chi connectivity index (χ3n) is 7.91. The number of oxazole rings is 1. The Morgan fingerprint density at radius 2 is 1.76 bits per heavy atom. The van der Waals surface area contributed by atoms with E-state index in [-0.39, 0.29) is 41.0 Å². The van der Waals surface area contributed by atoms with E-state index >= 15 is 0 Å². The normalized spacial score (nSPS) is 17.0. The molecule has 1 aliphatic carbocycles. The molecule has 12 nitrogen and oxygen atoms in total. The van der Waals surface area contributed by atoms with Gasteiger partial charge in [0.1, 0.15) is 11.2 Å². The van der Waals surface area contributed by atoms with Crippen LogP contribution in [-0.4, -0.2) is 83.6 Å². The van der Waals surface area contributed by atoms with Crippen molar-refractivity contribution in [1.82, 2.24) is 40.0 Å². The van der Waals surface area contributed by atoms with E-state index in [2.05, 4.69) is 30.7 Å². The van der Waals surface area contributed by atoms with Gasteiger partial charge < -0.3 is 14.6 Å². The lowest BCUT2D eigenvalue weighted by Gasteiger charge is -2.38. The van der Waals surface area contributed by atoms with Crippen molar-refractivity contribution in [2.75, 3.05) is 31.5 Å². The average molecular weight is 618 g/mol. The summed E-state index contributed by atoms with van der Waals surface area (Å²) >= 11 is 0. The van der Waals surface area contributed by atoms with Crippen LogP contribution in [0.1, 0.15) is 47.3 Å². The van der Waals surface area contributed by atoms with Gasteiger partial charge in [-0.05, 0) is 47.9 Å². The number of hydrogen-bond acceptors (Lipinski definition) is 9. The molecule has 1 unspecified atom stereocenters. The molecule has 1 aliphatic heterocycles. The number of nitrogens with one attached hydrogen (secondary N) is 1. The van der Waals surface area contributed by atoms with Gasteiger partial charge in [0.05, 0.1) is 6.04 Å². The number of hydrogen-bond donors (Lipinski definition) is 1. The highest BCUT2D eigenvalue weighted by Gasteiger charge is 2.50. The first kappa shape index (κ1) is 28.6. The van der Waals surface area contributed by atoms with Crippen LogP contribution < -0.4 is 5.32 Å². The Balaban J connectivity index is 1.05. The van der Waals surface area contributed by atoms with Crippen LogP contribution in [0.25, 0.3) is 22.6 Å². The maximum Gasteiger partial charge on any atom is 0.350 e. The smallest absolute Gasteiger partial charge is 0.350 e. The van der Waals surface area contributed by atoms with Gasteiger partial charge in [0.15, 0.2) is 17.1 Å². The molecular weight excluding hydrogens is 591 g/mol. The summed E-state index contributed by atoms with van der Waals surface area (Å²) < 4.78 is 46.3. The number of amides is 2. The zero-order valence-corrected chi connectivity index (χ0v) is 23.7. The number of halogens is 3. The summed E-state index contributed by atoms with van der Waals surface area (Å²) in [5.41, 5.74) is 1.08. The molecule has 2 amide bonds. The minimum absolute atomic E-state index is 0.151. The molecular formula is C30H26F3N9O3. The zero-order chi connectivity index (χ0) is 31.1. The van der Waals surface area contributed by atoms with E-state index in [4.69, 9.17) is 4.42 Å². The summed E-state index contributed by atoms with van der Waals surface area (Å²) in [6, 6.07) is 16.9. The van der Waals surface area contributed by atoms with Crippen molar-refractivity contribution >= 4 is 28.6 Å². The molecule has 5 aromatic rings. The molecule has 0 spiro atoms. The molecule has 0 radical (unpaired) electrons. The molecule has 2 aliphatic rings.